The molecular formula is C6H10N4O4S. The monoisotopic (exact) mass is 234 g/mol. The van der Waals surface area contributed by atoms with Crippen molar-refractivity contribution in [2.75, 3.05) is 6.54 Å². The molecule has 0 aliphatic rings. The second kappa shape index (κ2) is 4.38. The zero-order valence-electron chi connectivity index (χ0n) is 7.54. The van der Waals surface area contributed by atoms with E-state index in [2.05, 4.69) is 10.2 Å². The van der Waals surface area contributed by atoms with E-state index in [1.165, 1.54) is 6.20 Å². The fourth-order valence-electron chi connectivity index (χ4n) is 0.759. The van der Waals surface area contributed by atoms with Gasteiger partial charge in [-0.3, -0.25) is 9.89 Å². The number of nitrogens with one attached hydrogen (secondary N) is 2. The van der Waals surface area contributed by atoms with Crippen molar-refractivity contribution >= 4 is 15.9 Å². The fraction of sp³-hybridized carbons (Fsp3) is 0.333. The molecule has 1 heterocycles. The molecule has 0 aromatic carbocycles. The molecule has 0 fully saturated rings. The molecule has 8 nitrogen and oxygen atoms in total. The van der Waals surface area contributed by atoms with Gasteiger partial charge in [-0.15, -0.1) is 0 Å². The van der Waals surface area contributed by atoms with Crippen LogP contribution in [0, 0.1) is 0 Å². The molecule has 0 radical (unpaired) electrons. The summed E-state index contributed by atoms with van der Waals surface area (Å²) >= 11 is 0. The predicted molar refractivity (Wildman–Crippen MR) is 49.0 cm³/mol. The molecule has 9 heteroatoms. The lowest BCUT2D eigenvalue weighted by Gasteiger charge is -2.07. The minimum atomic E-state index is -3.76. The Labute approximate surface area is 85.5 Å². The third kappa shape index (κ3) is 3.01. The molecule has 1 atom stereocenters. The summed E-state index contributed by atoms with van der Waals surface area (Å²) in [6, 6.07) is 0. The summed E-state index contributed by atoms with van der Waals surface area (Å²) in [5.74, 6) is -0.995. The molecule has 0 bridgehead atoms. The van der Waals surface area contributed by atoms with Gasteiger partial charge in [-0.2, -0.15) is 5.10 Å². The van der Waals surface area contributed by atoms with Crippen molar-refractivity contribution in [3.05, 3.63) is 12.4 Å². The molecule has 0 saturated heterocycles. The van der Waals surface area contributed by atoms with Gasteiger partial charge < -0.3 is 10.8 Å². The fourth-order valence-corrected chi connectivity index (χ4v) is 1.70. The Balaban J connectivity index is 2.63. The first-order chi connectivity index (χ1) is 6.93. The second-order valence-corrected chi connectivity index (χ2v) is 4.47. The summed E-state index contributed by atoms with van der Waals surface area (Å²) in [6.45, 7) is -0.469. The van der Waals surface area contributed by atoms with Gasteiger partial charge >= 0.3 is 0 Å². The minimum Gasteiger partial charge on any atom is -0.382 e. The number of nitrogens with zero attached hydrogens (tertiary/aromatic N) is 1. The van der Waals surface area contributed by atoms with Gasteiger partial charge in [0, 0.05) is 12.7 Å². The summed E-state index contributed by atoms with van der Waals surface area (Å²) in [4.78, 5) is 10.3. The highest BCUT2D eigenvalue weighted by molar-refractivity contribution is 7.89. The van der Waals surface area contributed by atoms with Gasteiger partial charge in [0.25, 0.3) is 0 Å². The van der Waals surface area contributed by atoms with Crippen molar-refractivity contribution in [3.8, 4) is 0 Å². The van der Waals surface area contributed by atoms with Crippen LogP contribution in [0.15, 0.2) is 17.3 Å². The summed E-state index contributed by atoms with van der Waals surface area (Å²) in [5, 5.41) is 14.7. The number of carbonyl (C=O) groups excluding carboxylic acids is 1. The lowest BCUT2D eigenvalue weighted by molar-refractivity contribution is -0.125. The molecule has 1 rings (SSSR count). The Morgan fingerprint density at radius 3 is 2.87 bits per heavy atom. The van der Waals surface area contributed by atoms with E-state index in [0.717, 1.165) is 6.20 Å². The number of hydrogen-bond donors (Lipinski definition) is 4. The quantitative estimate of drug-likeness (QED) is 0.447. The molecular weight excluding hydrogens is 224 g/mol. The van der Waals surface area contributed by atoms with Gasteiger partial charge in [0.2, 0.25) is 15.9 Å². The van der Waals surface area contributed by atoms with E-state index in [9.17, 15) is 13.2 Å². The largest absolute Gasteiger partial charge is 0.382 e. The van der Waals surface area contributed by atoms with Crippen molar-refractivity contribution in [1.82, 2.24) is 14.9 Å². The summed E-state index contributed by atoms with van der Waals surface area (Å²) in [6.07, 6.45) is 0.712. The maximum absolute atomic E-state index is 11.4. The highest BCUT2D eigenvalue weighted by atomic mass is 32.2. The van der Waals surface area contributed by atoms with E-state index >= 15 is 0 Å². The van der Waals surface area contributed by atoms with Crippen LogP contribution in [0.3, 0.4) is 0 Å². The Morgan fingerprint density at radius 1 is 1.73 bits per heavy atom. The number of aliphatic hydroxyl groups excluding tert-OH is 1. The van der Waals surface area contributed by atoms with Crippen LogP contribution >= 0.6 is 0 Å². The van der Waals surface area contributed by atoms with Crippen LogP contribution in [-0.2, 0) is 14.8 Å². The first-order valence-electron chi connectivity index (χ1n) is 3.89. The molecule has 0 spiro atoms. The van der Waals surface area contributed by atoms with Crippen LogP contribution in [0.5, 0.6) is 0 Å². The van der Waals surface area contributed by atoms with Crippen LogP contribution in [0.2, 0.25) is 0 Å². The van der Waals surface area contributed by atoms with Gasteiger partial charge in [0.15, 0.2) is 0 Å². The number of aromatic amines is 1. The minimum absolute atomic E-state index is 0.0841. The number of aromatic nitrogens is 2. The molecule has 1 aromatic heterocycles. The standard InChI is InChI=1S/C6H10N4O4S/c7-6(12)5(11)3-10-15(13,14)4-1-8-9-2-4/h1-2,5,10-11H,3H2,(H2,7,12)(H,8,9). The molecule has 1 aromatic rings. The zero-order valence-corrected chi connectivity index (χ0v) is 8.36. The van der Waals surface area contributed by atoms with Crippen LogP contribution in [-0.4, -0.2) is 42.3 Å². The number of carbonyl (C=O) groups is 1. The highest BCUT2D eigenvalue weighted by Gasteiger charge is 2.18. The van der Waals surface area contributed by atoms with Crippen molar-refractivity contribution in [2.45, 2.75) is 11.0 Å². The summed E-state index contributed by atoms with van der Waals surface area (Å²) in [7, 11) is -3.76. The maximum Gasteiger partial charge on any atom is 0.247 e. The highest BCUT2D eigenvalue weighted by Crippen LogP contribution is 2.03. The van der Waals surface area contributed by atoms with E-state index in [4.69, 9.17) is 10.8 Å². The summed E-state index contributed by atoms with van der Waals surface area (Å²) < 4.78 is 24.8. The summed E-state index contributed by atoms with van der Waals surface area (Å²) in [5.41, 5.74) is 4.74. The number of amides is 1. The van der Waals surface area contributed by atoms with Gasteiger partial charge in [-0.25, -0.2) is 13.1 Å². The Hall–Kier alpha value is -1.45. The number of hydrogen-bond acceptors (Lipinski definition) is 5. The van der Waals surface area contributed by atoms with E-state index in [0.29, 0.717) is 0 Å². The SMILES string of the molecule is NC(=O)C(O)CNS(=O)(=O)c1cn[nH]c1. The second-order valence-electron chi connectivity index (χ2n) is 2.70. The molecule has 1 amide bonds. The zero-order chi connectivity index (χ0) is 11.5. The average Bonchev–Trinajstić information content (AvgIpc) is 2.67. The van der Waals surface area contributed by atoms with Crippen LogP contribution in [0.4, 0.5) is 0 Å². The third-order valence-electron chi connectivity index (χ3n) is 1.58. The van der Waals surface area contributed by atoms with Crippen LogP contribution < -0.4 is 10.5 Å². The van der Waals surface area contributed by atoms with Gasteiger partial charge in [-0.05, 0) is 0 Å². The number of aliphatic hydroxyl groups is 1. The normalized spacial score (nSPS) is 13.7. The number of rotatable bonds is 5. The van der Waals surface area contributed by atoms with E-state index in [1.807, 2.05) is 4.72 Å². The topological polar surface area (TPSA) is 138 Å². The smallest absolute Gasteiger partial charge is 0.247 e. The molecule has 1 unspecified atom stereocenters. The Morgan fingerprint density at radius 2 is 2.40 bits per heavy atom. The van der Waals surface area contributed by atoms with Gasteiger partial charge in [0.1, 0.15) is 11.0 Å². The van der Waals surface area contributed by atoms with E-state index < -0.39 is 28.6 Å². The molecule has 84 valence electrons. The van der Waals surface area contributed by atoms with Gasteiger partial charge in [-0.1, -0.05) is 0 Å². The molecule has 0 aliphatic heterocycles. The molecule has 5 N–H and O–H groups in total. The Bertz CT molecular complexity index is 426. The average molecular weight is 234 g/mol. The number of sulfonamides is 1. The maximum atomic E-state index is 11.4. The van der Waals surface area contributed by atoms with Crippen LogP contribution in [0.1, 0.15) is 0 Å². The van der Waals surface area contributed by atoms with Crippen molar-refractivity contribution in [2.24, 2.45) is 5.73 Å². The first kappa shape index (κ1) is 11.6. The molecule has 0 aliphatic carbocycles. The number of nitrogens with two attached hydrogens (primary N) is 1. The Kier molecular flexibility index (Phi) is 3.39. The van der Waals surface area contributed by atoms with Crippen molar-refractivity contribution < 1.29 is 18.3 Å². The third-order valence-corrected chi connectivity index (χ3v) is 2.97. The predicted octanol–water partition coefficient (Wildman–Crippen LogP) is -2.47. The van der Waals surface area contributed by atoms with Crippen molar-refractivity contribution in [3.63, 3.8) is 0 Å². The molecule has 0 saturated carbocycles. The lowest BCUT2D eigenvalue weighted by Crippen LogP contribution is -2.39. The number of H-pyrrole nitrogens is 1. The van der Waals surface area contributed by atoms with E-state index in [1.54, 1.807) is 0 Å². The van der Waals surface area contributed by atoms with Crippen molar-refractivity contribution in [1.29, 1.82) is 0 Å². The first-order valence-corrected chi connectivity index (χ1v) is 5.37. The molecule has 15 heavy (non-hydrogen) atoms. The number of primary amides is 1. The lowest BCUT2D eigenvalue weighted by atomic mass is 10.3. The van der Waals surface area contributed by atoms with Gasteiger partial charge in [0.05, 0.1) is 6.20 Å². The van der Waals surface area contributed by atoms with E-state index in [-0.39, 0.29) is 4.90 Å². The van der Waals surface area contributed by atoms with Crippen LogP contribution in [0.25, 0.3) is 0 Å².